The molecule has 2 aromatic rings. The number of halogens is 1. The molecule has 0 aliphatic heterocycles. The summed E-state index contributed by atoms with van der Waals surface area (Å²) in [6.07, 6.45) is 0. The van der Waals surface area contributed by atoms with Crippen LogP contribution in [0.4, 0.5) is 10.8 Å². The SMILES string of the molecule is Cc1cc(Nc2nc(Br)cs2)ccc1C(=O)O. The van der Waals surface area contributed by atoms with E-state index in [9.17, 15) is 4.79 Å². The first-order valence-electron chi connectivity index (χ1n) is 4.78. The Morgan fingerprint density at radius 2 is 2.29 bits per heavy atom. The number of nitrogens with zero attached hydrogens (tertiary/aromatic N) is 1. The lowest BCUT2D eigenvalue weighted by atomic mass is 10.1. The van der Waals surface area contributed by atoms with E-state index in [0.717, 1.165) is 21.0 Å². The van der Waals surface area contributed by atoms with Crippen LogP contribution in [0.1, 0.15) is 15.9 Å². The van der Waals surface area contributed by atoms with E-state index in [0.29, 0.717) is 5.56 Å². The molecular weight excluding hydrogens is 304 g/mol. The Hall–Kier alpha value is -1.40. The van der Waals surface area contributed by atoms with Gasteiger partial charge in [0.2, 0.25) is 0 Å². The van der Waals surface area contributed by atoms with Crippen LogP contribution in [-0.2, 0) is 0 Å². The molecule has 1 aromatic carbocycles. The zero-order valence-corrected chi connectivity index (χ0v) is 11.3. The zero-order valence-electron chi connectivity index (χ0n) is 8.90. The van der Waals surface area contributed by atoms with E-state index in [2.05, 4.69) is 26.2 Å². The van der Waals surface area contributed by atoms with Crippen molar-refractivity contribution in [2.45, 2.75) is 6.92 Å². The molecule has 6 heteroatoms. The van der Waals surface area contributed by atoms with Crippen molar-refractivity contribution in [3.63, 3.8) is 0 Å². The molecule has 0 radical (unpaired) electrons. The lowest BCUT2D eigenvalue weighted by Gasteiger charge is -2.05. The van der Waals surface area contributed by atoms with Crippen molar-refractivity contribution in [3.8, 4) is 0 Å². The second kappa shape index (κ2) is 4.85. The Morgan fingerprint density at radius 1 is 1.53 bits per heavy atom. The molecule has 0 unspecified atom stereocenters. The molecule has 2 rings (SSSR count). The molecule has 0 fully saturated rings. The minimum absolute atomic E-state index is 0.316. The van der Waals surface area contributed by atoms with Crippen LogP contribution in [0.2, 0.25) is 0 Å². The summed E-state index contributed by atoms with van der Waals surface area (Å²) >= 11 is 4.75. The number of hydrogen-bond acceptors (Lipinski definition) is 4. The van der Waals surface area contributed by atoms with Crippen molar-refractivity contribution in [2.24, 2.45) is 0 Å². The van der Waals surface area contributed by atoms with Crippen LogP contribution >= 0.6 is 27.3 Å². The molecule has 0 atom stereocenters. The van der Waals surface area contributed by atoms with Gasteiger partial charge < -0.3 is 10.4 Å². The number of aromatic carboxylic acids is 1. The molecular formula is C11H9BrN2O2S. The van der Waals surface area contributed by atoms with Crippen LogP contribution in [-0.4, -0.2) is 16.1 Å². The second-order valence-electron chi connectivity index (χ2n) is 3.44. The Balaban J connectivity index is 2.23. The highest BCUT2D eigenvalue weighted by molar-refractivity contribution is 9.10. The Morgan fingerprint density at radius 3 is 2.82 bits per heavy atom. The predicted octanol–water partition coefficient (Wildman–Crippen LogP) is 3.66. The monoisotopic (exact) mass is 312 g/mol. The highest BCUT2D eigenvalue weighted by Crippen LogP contribution is 2.24. The molecule has 0 spiro atoms. The summed E-state index contributed by atoms with van der Waals surface area (Å²) < 4.78 is 0.781. The summed E-state index contributed by atoms with van der Waals surface area (Å²) in [5.41, 5.74) is 1.86. The first-order chi connectivity index (χ1) is 8.06. The van der Waals surface area contributed by atoms with Gasteiger partial charge in [-0.25, -0.2) is 9.78 Å². The van der Waals surface area contributed by atoms with E-state index in [-0.39, 0.29) is 0 Å². The van der Waals surface area contributed by atoms with Gasteiger partial charge in [0.15, 0.2) is 5.13 Å². The number of thiazole rings is 1. The number of hydrogen-bond donors (Lipinski definition) is 2. The molecule has 0 saturated heterocycles. The third-order valence-electron chi connectivity index (χ3n) is 2.18. The Bertz CT molecular complexity index is 568. The summed E-state index contributed by atoms with van der Waals surface area (Å²) in [5, 5.41) is 14.7. The lowest BCUT2D eigenvalue weighted by molar-refractivity contribution is 0.0696. The first-order valence-corrected chi connectivity index (χ1v) is 6.45. The zero-order chi connectivity index (χ0) is 12.4. The van der Waals surface area contributed by atoms with Crippen LogP contribution in [0.5, 0.6) is 0 Å². The van der Waals surface area contributed by atoms with Gasteiger partial charge in [0.25, 0.3) is 0 Å². The predicted molar refractivity (Wildman–Crippen MR) is 71.2 cm³/mol. The van der Waals surface area contributed by atoms with Crippen molar-refractivity contribution < 1.29 is 9.90 Å². The summed E-state index contributed by atoms with van der Waals surface area (Å²) in [6.45, 7) is 1.77. The van der Waals surface area contributed by atoms with Crippen LogP contribution in [0, 0.1) is 6.92 Å². The minimum Gasteiger partial charge on any atom is -0.478 e. The number of benzene rings is 1. The average molecular weight is 313 g/mol. The number of rotatable bonds is 3. The summed E-state index contributed by atoms with van der Waals surface area (Å²) in [7, 11) is 0. The number of carboxylic acids is 1. The van der Waals surface area contributed by atoms with E-state index in [1.807, 2.05) is 5.38 Å². The molecule has 0 bridgehead atoms. The summed E-state index contributed by atoms with van der Waals surface area (Å²) in [6, 6.07) is 5.10. The van der Waals surface area contributed by atoms with Gasteiger partial charge in [0, 0.05) is 11.1 Å². The highest BCUT2D eigenvalue weighted by atomic mass is 79.9. The fourth-order valence-electron chi connectivity index (χ4n) is 1.42. The molecule has 0 amide bonds. The molecule has 0 aliphatic carbocycles. The number of aromatic nitrogens is 1. The molecule has 2 N–H and O–H groups in total. The van der Waals surface area contributed by atoms with Crippen molar-refractivity contribution >= 4 is 44.1 Å². The molecule has 1 aromatic heterocycles. The van der Waals surface area contributed by atoms with Crippen LogP contribution in [0.25, 0.3) is 0 Å². The van der Waals surface area contributed by atoms with Crippen LogP contribution in [0.15, 0.2) is 28.2 Å². The topological polar surface area (TPSA) is 62.2 Å². The number of carboxylic acid groups (broad SMARTS) is 1. The maximum Gasteiger partial charge on any atom is 0.335 e. The van der Waals surface area contributed by atoms with Crippen LogP contribution < -0.4 is 5.32 Å². The molecule has 17 heavy (non-hydrogen) atoms. The third-order valence-corrected chi connectivity index (χ3v) is 3.65. The van der Waals surface area contributed by atoms with Crippen molar-refractivity contribution in [3.05, 3.63) is 39.3 Å². The van der Waals surface area contributed by atoms with Gasteiger partial charge in [-0.1, -0.05) is 0 Å². The molecule has 0 aliphatic rings. The van der Waals surface area contributed by atoms with Gasteiger partial charge in [-0.3, -0.25) is 0 Å². The number of aryl methyl sites for hydroxylation is 1. The van der Waals surface area contributed by atoms with Gasteiger partial charge in [-0.15, -0.1) is 11.3 Å². The van der Waals surface area contributed by atoms with Crippen molar-refractivity contribution in [1.82, 2.24) is 4.98 Å². The quantitative estimate of drug-likeness (QED) is 0.908. The fourth-order valence-corrected chi connectivity index (χ4v) is 2.58. The first kappa shape index (κ1) is 12.1. The number of carbonyl (C=O) groups is 1. The Kier molecular flexibility index (Phi) is 3.44. The number of nitrogens with one attached hydrogen (secondary N) is 1. The highest BCUT2D eigenvalue weighted by Gasteiger charge is 2.07. The van der Waals surface area contributed by atoms with E-state index in [4.69, 9.17) is 5.11 Å². The minimum atomic E-state index is -0.911. The van der Waals surface area contributed by atoms with Crippen molar-refractivity contribution in [2.75, 3.05) is 5.32 Å². The van der Waals surface area contributed by atoms with Gasteiger partial charge in [-0.2, -0.15) is 0 Å². The van der Waals surface area contributed by atoms with Crippen molar-refractivity contribution in [1.29, 1.82) is 0 Å². The second-order valence-corrected chi connectivity index (χ2v) is 5.11. The molecule has 1 heterocycles. The summed E-state index contributed by atoms with van der Waals surface area (Å²) in [4.78, 5) is 15.1. The lowest BCUT2D eigenvalue weighted by Crippen LogP contribution is -2.00. The van der Waals surface area contributed by atoms with E-state index in [1.54, 1.807) is 25.1 Å². The van der Waals surface area contributed by atoms with Gasteiger partial charge in [-0.05, 0) is 46.6 Å². The third kappa shape index (κ3) is 2.83. The van der Waals surface area contributed by atoms with E-state index < -0.39 is 5.97 Å². The summed E-state index contributed by atoms with van der Waals surface area (Å²) in [5.74, 6) is -0.911. The number of anilines is 2. The van der Waals surface area contributed by atoms with Gasteiger partial charge in [0.1, 0.15) is 4.60 Å². The fraction of sp³-hybridized carbons (Fsp3) is 0.0909. The molecule has 4 nitrogen and oxygen atoms in total. The standard InChI is InChI=1S/C11H9BrN2O2S/c1-6-4-7(2-3-8(6)10(15)16)13-11-14-9(12)5-17-11/h2-5H,1H3,(H,13,14)(H,15,16). The maximum absolute atomic E-state index is 10.9. The van der Waals surface area contributed by atoms with E-state index in [1.165, 1.54) is 11.3 Å². The van der Waals surface area contributed by atoms with Gasteiger partial charge >= 0.3 is 5.97 Å². The maximum atomic E-state index is 10.9. The van der Waals surface area contributed by atoms with Crippen LogP contribution in [0.3, 0.4) is 0 Å². The largest absolute Gasteiger partial charge is 0.478 e. The smallest absolute Gasteiger partial charge is 0.335 e. The van der Waals surface area contributed by atoms with E-state index >= 15 is 0 Å². The Labute approximate surface area is 110 Å². The molecule has 0 saturated carbocycles. The normalized spacial score (nSPS) is 10.2. The average Bonchev–Trinajstić information content (AvgIpc) is 2.63. The molecule has 88 valence electrons. The van der Waals surface area contributed by atoms with Gasteiger partial charge in [0.05, 0.1) is 5.56 Å².